The maximum atomic E-state index is 11.4. The number of benzene rings is 1. The fourth-order valence-corrected chi connectivity index (χ4v) is 2.66. The average molecular weight is 267 g/mol. The van der Waals surface area contributed by atoms with Crippen LogP contribution in [0.2, 0.25) is 0 Å². The average Bonchev–Trinajstić information content (AvgIpc) is 2.27. The molecule has 1 rings (SSSR count). The van der Waals surface area contributed by atoms with Crippen LogP contribution >= 0.6 is 11.8 Å². The molecule has 1 unspecified atom stereocenters. The largest absolute Gasteiger partial charge is 0.480 e. The number of carbonyl (C=O) groups is 1. The molecule has 0 amide bonds. The van der Waals surface area contributed by atoms with Gasteiger partial charge in [-0.15, -0.1) is 11.8 Å². The Morgan fingerprint density at radius 1 is 1.39 bits per heavy atom. The number of hydrogen-bond donors (Lipinski definition) is 2. The zero-order valence-corrected chi connectivity index (χ0v) is 12.2. The van der Waals surface area contributed by atoms with Crippen molar-refractivity contribution < 1.29 is 9.90 Å². The number of hydrogen-bond acceptors (Lipinski definition) is 3. The number of carboxylic acid groups (broad SMARTS) is 1. The van der Waals surface area contributed by atoms with Gasteiger partial charge in [0.25, 0.3) is 0 Å². The van der Waals surface area contributed by atoms with E-state index in [0.717, 1.165) is 4.90 Å². The van der Waals surface area contributed by atoms with Gasteiger partial charge in [-0.05, 0) is 39.8 Å². The molecular weight excluding hydrogens is 246 g/mol. The summed E-state index contributed by atoms with van der Waals surface area (Å²) in [5.74, 6) is -0.306. The van der Waals surface area contributed by atoms with Gasteiger partial charge in [0.1, 0.15) is 5.54 Å². The lowest BCUT2D eigenvalue weighted by Crippen LogP contribution is -2.54. The third kappa shape index (κ3) is 4.35. The van der Waals surface area contributed by atoms with Crippen molar-refractivity contribution in [3.63, 3.8) is 0 Å². The maximum absolute atomic E-state index is 11.4. The standard InChI is InChI=1S/C14H21NO2S/c1-10(2)15-14(4,13(16)17)9-18-12-7-5-11(3)6-8-12/h5-8,10,15H,9H2,1-4H3,(H,16,17). The van der Waals surface area contributed by atoms with Crippen LogP contribution in [0.5, 0.6) is 0 Å². The molecule has 0 bridgehead atoms. The molecule has 0 saturated carbocycles. The quantitative estimate of drug-likeness (QED) is 0.778. The Morgan fingerprint density at radius 2 is 1.94 bits per heavy atom. The predicted octanol–water partition coefficient (Wildman–Crippen LogP) is 2.93. The third-order valence-corrected chi connectivity index (χ3v) is 3.95. The van der Waals surface area contributed by atoms with Gasteiger partial charge in [0, 0.05) is 16.7 Å². The summed E-state index contributed by atoms with van der Waals surface area (Å²) >= 11 is 1.56. The van der Waals surface area contributed by atoms with Crippen molar-refractivity contribution in [2.75, 3.05) is 5.75 Å². The van der Waals surface area contributed by atoms with Crippen LogP contribution in [0.1, 0.15) is 26.3 Å². The SMILES string of the molecule is Cc1ccc(SCC(C)(NC(C)C)C(=O)O)cc1. The monoisotopic (exact) mass is 267 g/mol. The van der Waals surface area contributed by atoms with Crippen molar-refractivity contribution in [2.24, 2.45) is 0 Å². The zero-order chi connectivity index (χ0) is 13.8. The molecule has 100 valence electrons. The minimum atomic E-state index is -0.899. The van der Waals surface area contributed by atoms with E-state index in [0.29, 0.717) is 5.75 Å². The molecule has 1 aromatic rings. The fourth-order valence-electron chi connectivity index (χ4n) is 1.66. The van der Waals surface area contributed by atoms with E-state index in [1.807, 2.05) is 45.0 Å². The summed E-state index contributed by atoms with van der Waals surface area (Å²) in [6.07, 6.45) is 0. The van der Waals surface area contributed by atoms with Crippen LogP contribution in [0, 0.1) is 6.92 Å². The van der Waals surface area contributed by atoms with Gasteiger partial charge in [-0.1, -0.05) is 17.7 Å². The van der Waals surface area contributed by atoms with E-state index in [4.69, 9.17) is 0 Å². The summed E-state index contributed by atoms with van der Waals surface area (Å²) in [5, 5.41) is 12.4. The highest BCUT2D eigenvalue weighted by atomic mass is 32.2. The van der Waals surface area contributed by atoms with Crippen LogP contribution < -0.4 is 5.32 Å². The Kier molecular flexibility index (Phi) is 5.23. The molecule has 0 spiro atoms. The van der Waals surface area contributed by atoms with Gasteiger partial charge in [0.15, 0.2) is 0 Å². The molecular formula is C14H21NO2S. The van der Waals surface area contributed by atoms with Gasteiger partial charge in [-0.3, -0.25) is 10.1 Å². The van der Waals surface area contributed by atoms with Crippen LogP contribution in [0.25, 0.3) is 0 Å². The predicted molar refractivity (Wildman–Crippen MR) is 76.2 cm³/mol. The highest BCUT2D eigenvalue weighted by molar-refractivity contribution is 7.99. The molecule has 1 aromatic carbocycles. The molecule has 2 N–H and O–H groups in total. The van der Waals surface area contributed by atoms with E-state index >= 15 is 0 Å². The van der Waals surface area contributed by atoms with Crippen molar-refractivity contribution in [1.29, 1.82) is 0 Å². The number of thioether (sulfide) groups is 1. The van der Waals surface area contributed by atoms with Crippen molar-refractivity contribution in [3.8, 4) is 0 Å². The number of nitrogens with one attached hydrogen (secondary N) is 1. The van der Waals surface area contributed by atoms with E-state index in [1.54, 1.807) is 18.7 Å². The Balaban J connectivity index is 2.68. The van der Waals surface area contributed by atoms with Gasteiger partial charge in [0.2, 0.25) is 0 Å². The summed E-state index contributed by atoms with van der Waals surface area (Å²) in [4.78, 5) is 12.5. The molecule has 1 atom stereocenters. The minimum absolute atomic E-state index is 0.143. The first kappa shape index (κ1) is 15.1. The highest BCUT2D eigenvalue weighted by Crippen LogP contribution is 2.23. The Hall–Kier alpha value is -1.00. The summed E-state index contributed by atoms with van der Waals surface area (Å²) in [6, 6.07) is 8.27. The second-order valence-corrected chi connectivity index (χ2v) is 6.09. The molecule has 3 nitrogen and oxygen atoms in total. The van der Waals surface area contributed by atoms with E-state index in [-0.39, 0.29) is 6.04 Å². The van der Waals surface area contributed by atoms with Gasteiger partial charge in [-0.25, -0.2) is 0 Å². The second-order valence-electron chi connectivity index (χ2n) is 5.04. The molecule has 0 aromatic heterocycles. The van der Waals surface area contributed by atoms with Crippen molar-refractivity contribution >= 4 is 17.7 Å². The minimum Gasteiger partial charge on any atom is -0.480 e. The van der Waals surface area contributed by atoms with Crippen LogP contribution in [0.3, 0.4) is 0 Å². The second kappa shape index (κ2) is 6.25. The fraction of sp³-hybridized carbons (Fsp3) is 0.500. The Morgan fingerprint density at radius 3 is 2.39 bits per heavy atom. The lowest BCUT2D eigenvalue weighted by molar-refractivity contribution is -0.143. The first-order valence-corrected chi connectivity index (χ1v) is 7.02. The lowest BCUT2D eigenvalue weighted by Gasteiger charge is -2.28. The van der Waals surface area contributed by atoms with E-state index in [1.165, 1.54) is 5.56 Å². The summed E-state index contributed by atoms with van der Waals surface area (Å²) < 4.78 is 0. The Bertz CT molecular complexity index is 403. The highest BCUT2D eigenvalue weighted by Gasteiger charge is 2.33. The van der Waals surface area contributed by atoms with Gasteiger partial charge >= 0.3 is 5.97 Å². The summed E-state index contributed by atoms with van der Waals surface area (Å²) in [7, 11) is 0. The summed E-state index contributed by atoms with van der Waals surface area (Å²) in [6.45, 7) is 7.68. The lowest BCUT2D eigenvalue weighted by atomic mass is 10.1. The van der Waals surface area contributed by atoms with Crippen molar-refractivity contribution in [2.45, 2.75) is 44.2 Å². The molecule has 0 aliphatic carbocycles. The smallest absolute Gasteiger partial charge is 0.324 e. The molecule has 0 fully saturated rings. The number of carboxylic acids is 1. The third-order valence-electron chi connectivity index (χ3n) is 2.63. The van der Waals surface area contributed by atoms with Gasteiger partial charge in [-0.2, -0.15) is 0 Å². The van der Waals surface area contributed by atoms with Crippen LogP contribution in [0.15, 0.2) is 29.2 Å². The molecule has 18 heavy (non-hydrogen) atoms. The van der Waals surface area contributed by atoms with E-state index in [2.05, 4.69) is 5.32 Å². The number of aryl methyl sites for hydroxylation is 1. The topological polar surface area (TPSA) is 49.3 Å². The maximum Gasteiger partial charge on any atom is 0.324 e. The zero-order valence-electron chi connectivity index (χ0n) is 11.4. The van der Waals surface area contributed by atoms with E-state index < -0.39 is 11.5 Å². The van der Waals surface area contributed by atoms with Gasteiger partial charge < -0.3 is 5.11 Å². The number of aliphatic carboxylic acids is 1. The van der Waals surface area contributed by atoms with Crippen molar-refractivity contribution in [3.05, 3.63) is 29.8 Å². The normalized spacial score (nSPS) is 14.5. The molecule has 0 saturated heterocycles. The van der Waals surface area contributed by atoms with Crippen LogP contribution in [-0.2, 0) is 4.79 Å². The molecule has 0 aliphatic rings. The molecule has 0 radical (unpaired) electrons. The molecule has 0 aliphatic heterocycles. The van der Waals surface area contributed by atoms with E-state index in [9.17, 15) is 9.90 Å². The molecule has 4 heteroatoms. The van der Waals surface area contributed by atoms with Crippen LogP contribution in [0.4, 0.5) is 0 Å². The first-order chi connectivity index (χ1) is 8.33. The van der Waals surface area contributed by atoms with Crippen LogP contribution in [-0.4, -0.2) is 28.4 Å². The molecule has 0 heterocycles. The van der Waals surface area contributed by atoms with Gasteiger partial charge in [0.05, 0.1) is 0 Å². The number of rotatable bonds is 6. The Labute approximate surface area is 113 Å². The van der Waals surface area contributed by atoms with Crippen molar-refractivity contribution in [1.82, 2.24) is 5.32 Å². The summed E-state index contributed by atoms with van der Waals surface area (Å²) in [5.41, 5.74) is 0.310. The first-order valence-electron chi connectivity index (χ1n) is 6.04.